The first kappa shape index (κ1) is 13.9. The van der Waals surface area contributed by atoms with Gasteiger partial charge in [0.05, 0.1) is 6.54 Å². The highest BCUT2D eigenvalue weighted by Crippen LogP contribution is 2.37. The molecule has 1 fully saturated rings. The van der Waals surface area contributed by atoms with E-state index in [1.165, 1.54) is 0 Å². The summed E-state index contributed by atoms with van der Waals surface area (Å²) in [6, 6.07) is 9.01. The van der Waals surface area contributed by atoms with Crippen LogP contribution in [0, 0.1) is 0 Å². The number of hydrogen-bond donors (Lipinski definition) is 1. The zero-order valence-electron chi connectivity index (χ0n) is 10.2. The lowest BCUT2D eigenvalue weighted by Gasteiger charge is -2.17. The van der Waals surface area contributed by atoms with E-state index in [4.69, 9.17) is 4.74 Å². The second-order valence-electron chi connectivity index (χ2n) is 4.61. The van der Waals surface area contributed by atoms with Crippen LogP contribution in [0.25, 0.3) is 0 Å². The van der Waals surface area contributed by atoms with Crippen LogP contribution in [0.5, 0.6) is 0 Å². The van der Waals surface area contributed by atoms with E-state index in [2.05, 4.69) is 5.32 Å². The zero-order chi connectivity index (χ0) is 13.9. The quantitative estimate of drug-likeness (QED) is 0.837. The van der Waals surface area contributed by atoms with Crippen molar-refractivity contribution in [1.29, 1.82) is 0 Å². The van der Waals surface area contributed by atoms with Gasteiger partial charge in [-0.25, -0.2) is 0 Å². The van der Waals surface area contributed by atoms with Gasteiger partial charge in [-0.1, -0.05) is 30.3 Å². The average Bonchev–Trinajstić information content (AvgIpc) is 3.15. The molecule has 1 N–H and O–H groups in total. The smallest absolute Gasteiger partial charge is 0.401 e. The molecule has 3 nitrogen and oxygen atoms in total. The number of carbonyl (C=O) groups excluding carboxylic acids is 1. The molecule has 0 spiro atoms. The molecule has 1 aromatic carbocycles. The largest absolute Gasteiger partial charge is 0.459 e. The molecule has 0 heterocycles. The van der Waals surface area contributed by atoms with Gasteiger partial charge in [-0.05, 0) is 18.4 Å². The number of hydrogen-bond acceptors (Lipinski definition) is 3. The van der Waals surface area contributed by atoms with Crippen LogP contribution < -0.4 is 5.32 Å². The Morgan fingerprint density at radius 1 is 1.26 bits per heavy atom. The molecule has 0 unspecified atom stereocenters. The predicted molar refractivity (Wildman–Crippen MR) is 62.3 cm³/mol. The number of alkyl halides is 3. The van der Waals surface area contributed by atoms with Crippen LogP contribution in [-0.2, 0) is 16.1 Å². The summed E-state index contributed by atoms with van der Waals surface area (Å²) in [4.78, 5) is 11.8. The van der Waals surface area contributed by atoms with Crippen LogP contribution in [0.15, 0.2) is 30.3 Å². The number of nitrogens with one attached hydrogen (secondary N) is 1. The number of carbonyl (C=O) groups is 1. The molecular weight excluding hydrogens is 259 g/mol. The highest BCUT2D eigenvalue weighted by molar-refractivity contribution is 5.84. The molecule has 1 aliphatic rings. The molecule has 0 aromatic heterocycles. The number of halogens is 3. The van der Waals surface area contributed by atoms with Crippen molar-refractivity contribution in [2.45, 2.75) is 31.2 Å². The summed E-state index contributed by atoms with van der Waals surface area (Å²) in [6.07, 6.45) is -3.55. The van der Waals surface area contributed by atoms with Crippen molar-refractivity contribution in [2.75, 3.05) is 6.54 Å². The van der Waals surface area contributed by atoms with E-state index in [1.807, 2.05) is 6.07 Å². The molecule has 0 bridgehead atoms. The first-order valence-electron chi connectivity index (χ1n) is 5.94. The van der Waals surface area contributed by atoms with Crippen molar-refractivity contribution in [3.05, 3.63) is 35.9 Å². The standard InChI is InChI=1S/C13H14F3NO2/c14-13(15,16)9-17-12(6-7-12)11(18)19-8-10-4-2-1-3-5-10/h1-5,17H,6-9H2. The summed E-state index contributed by atoms with van der Waals surface area (Å²) in [6.45, 7) is -1.09. The predicted octanol–water partition coefficient (Wildman–Crippen LogP) is 2.41. The SMILES string of the molecule is O=C(OCc1ccccc1)C1(NCC(F)(F)F)CC1. The minimum absolute atomic E-state index is 0.0785. The molecule has 1 saturated carbocycles. The Kier molecular flexibility index (Phi) is 3.80. The second-order valence-corrected chi connectivity index (χ2v) is 4.61. The third-order valence-corrected chi connectivity index (χ3v) is 2.98. The Balaban J connectivity index is 1.83. The molecule has 1 aromatic rings. The minimum Gasteiger partial charge on any atom is -0.459 e. The fourth-order valence-corrected chi connectivity index (χ4v) is 1.71. The van der Waals surface area contributed by atoms with Crippen LogP contribution >= 0.6 is 0 Å². The topological polar surface area (TPSA) is 38.3 Å². The van der Waals surface area contributed by atoms with Gasteiger partial charge in [0.25, 0.3) is 0 Å². The van der Waals surface area contributed by atoms with E-state index in [-0.39, 0.29) is 6.61 Å². The van der Waals surface area contributed by atoms with Gasteiger partial charge in [0.1, 0.15) is 12.1 Å². The Bertz CT molecular complexity index is 441. The van der Waals surface area contributed by atoms with Crippen molar-refractivity contribution >= 4 is 5.97 Å². The summed E-state index contributed by atoms with van der Waals surface area (Å²) in [5, 5.41) is 2.25. The lowest BCUT2D eigenvalue weighted by atomic mass is 10.2. The van der Waals surface area contributed by atoms with Gasteiger partial charge in [0.15, 0.2) is 0 Å². The maximum absolute atomic E-state index is 12.1. The molecule has 0 amide bonds. The van der Waals surface area contributed by atoms with Gasteiger partial charge in [-0.15, -0.1) is 0 Å². The third-order valence-electron chi connectivity index (χ3n) is 2.98. The molecule has 6 heteroatoms. The average molecular weight is 273 g/mol. The molecule has 0 saturated heterocycles. The Morgan fingerprint density at radius 2 is 1.89 bits per heavy atom. The van der Waals surface area contributed by atoms with E-state index >= 15 is 0 Å². The highest BCUT2D eigenvalue weighted by atomic mass is 19.4. The van der Waals surface area contributed by atoms with Crippen LogP contribution in [0.4, 0.5) is 13.2 Å². The molecule has 0 aliphatic heterocycles. The number of rotatable bonds is 5. The Labute approximate surface area is 108 Å². The van der Waals surface area contributed by atoms with Crippen LogP contribution in [0.3, 0.4) is 0 Å². The monoisotopic (exact) mass is 273 g/mol. The van der Waals surface area contributed by atoms with E-state index in [0.717, 1.165) is 5.56 Å². The first-order valence-corrected chi connectivity index (χ1v) is 5.94. The molecule has 19 heavy (non-hydrogen) atoms. The summed E-state index contributed by atoms with van der Waals surface area (Å²) >= 11 is 0. The molecule has 0 atom stereocenters. The fourth-order valence-electron chi connectivity index (χ4n) is 1.71. The van der Waals surface area contributed by atoms with E-state index in [9.17, 15) is 18.0 Å². The van der Waals surface area contributed by atoms with Crippen LogP contribution in [0.2, 0.25) is 0 Å². The van der Waals surface area contributed by atoms with Crippen molar-refractivity contribution < 1.29 is 22.7 Å². The lowest BCUT2D eigenvalue weighted by Crippen LogP contribution is -2.45. The number of benzene rings is 1. The normalized spacial score (nSPS) is 17.0. The van der Waals surface area contributed by atoms with Gasteiger partial charge >= 0.3 is 12.1 Å². The summed E-state index contributed by atoms with van der Waals surface area (Å²) in [5.41, 5.74) is -0.327. The lowest BCUT2D eigenvalue weighted by molar-refractivity contribution is -0.152. The summed E-state index contributed by atoms with van der Waals surface area (Å²) < 4.78 is 41.4. The number of esters is 1. The van der Waals surface area contributed by atoms with Gasteiger partial charge in [0, 0.05) is 0 Å². The molecular formula is C13H14F3NO2. The molecule has 0 radical (unpaired) electrons. The molecule has 1 aliphatic carbocycles. The van der Waals surface area contributed by atoms with E-state index in [1.54, 1.807) is 24.3 Å². The van der Waals surface area contributed by atoms with Crippen molar-refractivity contribution in [1.82, 2.24) is 5.32 Å². The van der Waals surface area contributed by atoms with Crippen molar-refractivity contribution in [2.24, 2.45) is 0 Å². The maximum Gasteiger partial charge on any atom is 0.401 e. The first-order chi connectivity index (χ1) is 8.91. The van der Waals surface area contributed by atoms with Gasteiger partial charge in [-0.3, -0.25) is 10.1 Å². The van der Waals surface area contributed by atoms with Gasteiger partial charge in [0.2, 0.25) is 0 Å². The van der Waals surface area contributed by atoms with Crippen LogP contribution in [-0.4, -0.2) is 24.2 Å². The summed E-state index contributed by atoms with van der Waals surface area (Å²) in [7, 11) is 0. The van der Waals surface area contributed by atoms with Gasteiger partial charge in [-0.2, -0.15) is 13.2 Å². The van der Waals surface area contributed by atoms with Crippen LogP contribution in [0.1, 0.15) is 18.4 Å². The highest BCUT2D eigenvalue weighted by Gasteiger charge is 2.52. The van der Waals surface area contributed by atoms with Crippen molar-refractivity contribution in [3.8, 4) is 0 Å². The zero-order valence-corrected chi connectivity index (χ0v) is 10.2. The minimum atomic E-state index is -4.32. The Hall–Kier alpha value is -1.56. The maximum atomic E-state index is 12.1. The molecule has 104 valence electrons. The third kappa shape index (κ3) is 3.96. The van der Waals surface area contributed by atoms with Gasteiger partial charge < -0.3 is 4.74 Å². The van der Waals surface area contributed by atoms with E-state index in [0.29, 0.717) is 12.8 Å². The number of ether oxygens (including phenoxy) is 1. The molecule has 2 rings (SSSR count). The summed E-state index contributed by atoms with van der Waals surface area (Å²) in [5.74, 6) is -0.611. The van der Waals surface area contributed by atoms with Crippen molar-refractivity contribution in [3.63, 3.8) is 0 Å². The van der Waals surface area contributed by atoms with E-state index < -0.39 is 24.2 Å². The second kappa shape index (κ2) is 5.21. The Morgan fingerprint density at radius 3 is 2.42 bits per heavy atom. The fraction of sp³-hybridized carbons (Fsp3) is 0.462.